The third-order valence-electron chi connectivity index (χ3n) is 8.09. The van der Waals surface area contributed by atoms with Crippen molar-refractivity contribution in [1.29, 1.82) is 0 Å². The molecule has 0 aliphatic carbocycles. The van der Waals surface area contributed by atoms with Gasteiger partial charge in [0.1, 0.15) is 30.5 Å². The summed E-state index contributed by atoms with van der Waals surface area (Å²) in [5.74, 6) is -2.93. The van der Waals surface area contributed by atoms with Crippen LogP contribution < -0.4 is 21.9 Å². The summed E-state index contributed by atoms with van der Waals surface area (Å²) < 4.78 is 45.6. The summed E-state index contributed by atoms with van der Waals surface area (Å²) in [4.78, 5) is 67.0. The van der Waals surface area contributed by atoms with E-state index in [4.69, 9.17) is 24.0 Å². The van der Waals surface area contributed by atoms with Gasteiger partial charge in [0.25, 0.3) is 11.5 Å². The van der Waals surface area contributed by atoms with Gasteiger partial charge in [0.2, 0.25) is 5.91 Å². The zero-order chi connectivity index (χ0) is 37.3. The molecule has 2 fully saturated rings. The molecule has 51 heavy (non-hydrogen) atoms. The van der Waals surface area contributed by atoms with E-state index in [0.717, 1.165) is 22.9 Å². The predicted molar refractivity (Wildman–Crippen MR) is 171 cm³/mol. The van der Waals surface area contributed by atoms with Crippen molar-refractivity contribution in [2.24, 2.45) is 0 Å². The van der Waals surface area contributed by atoms with E-state index in [0.29, 0.717) is 16.7 Å². The molecule has 278 valence electrons. The second-order valence-corrected chi connectivity index (χ2v) is 15.0. The number of ether oxygens (including phenoxy) is 3. The third kappa shape index (κ3) is 9.15. The number of hydrogen-bond acceptors (Lipinski definition) is 14. The second kappa shape index (κ2) is 15.3. The number of aromatic nitrogens is 2. The largest absolute Gasteiger partial charge is 0.477 e. The normalized spacial score (nSPS) is 29.4. The molecule has 20 nitrogen and oxygen atoms in total. The van der Waals surface area contributed by atoms with Gasteiger partial charge in [-0.2, -0.15) is 0 Å². The predicted octanol–water partition coefficient (Wildman–Crippen LogP) is -2.72. The van der Waals surface area contributed by atoms with Crippen molar-refractivity contribution in [2.45, 2.75) is 61.6 Å². The van der Waals surface area contributed by atoms with Gasteiger partial charge in [-0.3, -0.25) is 23.7 Å². The third-order valence-corrected chi connectivity index (χ3v) is 10.8. The molecular weight excluding hydrogens is 724 g/mol. The summed E-state index contributed by atoms with van der Waals surface area (Å²) >= 11 is 0. The van der Waals surface area contributed by atoms with Crippen LogP contribution in [0.25, 0.3) is 11.1 Å². The van der Waals surface area contributed by atoms with E-state index in [1.807, 2.05) is 4.98 Å². The van der Waals surface area contributed by atoms with E-state index < -0.39 is 101 Å². The maximum atomic E-state index is 13.3. The van der Waals surface area contributed by atoms with E-state index in [1.165, 1.54) is 12.1 Å². The Morgan fingerprint density at radius 3 is 2.31 bits per heavy atom. The van der Waals surface area contributed by atoms with E-state index in [2.05, 4.69) is 9.63 Å². The fourth-order valence-electron chi connectivity index (χ4n) is 5.61. The van der Waals surface area contributed by atoms with Crippen molar-refractivity contribution >= 4 is 26.6 Å². The number of benzene rings is 2. The molecule has 1 aromatic heterocycles. The number of hydrogen-bond donors (Lipinski definition) is 10. The Labute approximate surface area is 287 Å². The van der Waals surface area contributed by atoms with Gasteiger partial charge in [0.15, 0.2) is 6.23 Å². The molecule has 0 radical (unpaired) electrons. The molecule has 10 N–H and O–H groups in total. The molecule has 1 unspecified atom stereocenters. The number of aromatic amines is 1. The van der Waals surface area contributed by atoms with Crippen molar-refractivity contribution in [3.05, 3.63) is 87.2 Å². The van der Waals surface area contributed by atoms with Crippen LogP contribution in [0.4, 0.5) is 0 Å². The first-order chi connectivity index (χ1) is 23.9. The van der Waals surface area contributed by atoms with Gasteiger partial charge in [-0.05, 0) is 28.8 Å². The highest BCUT2D eigenvalue weighted by molar-refractivity contribution is 7.69. The van der Waals surface area contributed by atoms with Crippen molar-refractivity contribution in [2.75, 3.05) is 13.2 Å². The molecule has 22 heteroatoms. The number of rotatable bonds is 12. The average molecular weight is 760 g/mol. The average Bonchev–Trinajstić information content (AvgIpc) is 3.33. The number of nitrogens with one attached hydrogen (secondary N) is 2. The second-order valence-electron chi connectivity index (χ2n) is 11.8. The maximum absolute atomic E-state index is 13.3. The number of nitrogens with zero attached hydrogens (tertiary/aromatic N) is 1. The van der Waals surface area contributed by atoms with E-state index >= 15 is 0 Å². The number of amides is 1. The van der Waals surface area contributed by atoms with E-state index in [9.17, 15) is 53.9 Å². The van der Waals surface area contributed by atoms with Crippen LogP contribution in [0.1, 0.15) is 18.2 Å². The van der Waals surface area contributed by atoms with Crippen LogP contribution in [-0.4, -0.2) is 111 Å². The molecule has 2 aromatic carbocycles. The molecule has 5 rings (SSSR count). The van der Waals surface area contributed by atoms with Crippen LogP contribution in [0.2, 0.25) is 0 Å². The molecule has 3 heterocycles. The van der Waals surface area contributed by atoms with Gasteiger partial charge in [-0.25, -0.2) is 13.7 Å². The Hall–Kier alpha value is -3.43. The zero-order valence-corrected chi connectivity index (χ0v) is 28.0. The molecule has 9 atom stereocenters. The van der Waals surface area contributed by atoms with Crippen molar-refractivity contribution in [3.8, 4) is 11.1 Å². The van der Waals surface area contributed by atoms with Gasteiger partial charge < -0.3 is 59.7 Å². The standard InChI is InChI=1S/C29H35N3O17P2/c33-13-20-24(37)19(34)12-29(48-20,46-14-21-25(38)26(39)27(47-21)32-9-8-22(35)30-28(32)40)31-23(36)10-15-4-6-16(7-5-15)17-2-1-3-18(11-17)50(41,42)49-51(43,44)45/h1-9,11,19-21,24-27,33-34,37-39H,10,12-14H2,(H,31,36)(H,41,42)(H,30,35,40)(H2,43,44,45)/t19-,20-,21-,24+,25-,26-,27-,29-/m1/s1. The minimum Gasteiger partial charge on any atom is -0.394 e. The summed E-state index contributed by atoms with van der Waals surface area (Å²) in [5.41, 5.74) is -0.317. The Bertz CT molecular complexity index is 1930. The molecule has 0 saturated carbocycles. The van der Waals surface area contributed by atoms with Crippen molar-refractivity contribution in [3.63, 3.8) is 0 Å². The molecule has 2 aliphatic heterocycles. The topological polar surface area (TPSA) is 317 Å². The summed E-state index contributed by atoms with van der Waals surface area (Å²) in [6, 6.07) is 12.5. The Kier molecular flexibility index (Phi) is 11.6. The van der Waals surface area contributed by atoms with Crippen LogP contribution >= 0.6 is 15.4 Å². The highest BCUT2D eigenvalue weighted by Gasteiger charge is 2.51. The molecule has 2 saturated heterocycles. The SMILES string of the molecule is O=C(Cc1ccc(-c2cccc(P(=O)(O)OP(=O)(O)O)c2)cc1)N[C@@]1(OC[C@H]2O[C@@H](n3ccc(=O)[nH]c3=O)[C@H](O)[C@@H]2O)C[C@@H](O)[C@H](O)[C@@H](CO)O1. The lowest BCUT2D eigenvalue weighted by Crippen LogP contribution is -2.64. The van der Waals surface area contributed by atoms with Crippen LogP contribution in [0, 0.1) is 0 Å². The lowest BCUT2D eigenvalue weighted by atomic mass is 9.99. The van der Waals surface area contributed by atoms with Gasteiger partial charge in [-0.15, -0.1) is 0 Å². The van der Waals surface area contributed by atoms with Crippen molar-refractivity contribution < 1.29 is 72.7 Å². The zero-order valence-electron chi connectivity index (χ0n) is 26.2. The number of aliphatic hydroxyl groups is 5. The Morgan fingerprint density at radius 2 is 1.67 bits per heavy atom. The van der Waals surface area contributed by atoms with Gasteiger partial charge in [-0.1, -0.05) is 36.4 Å². The summed E-state index contributed by atoms with van der Waals surface area (Å²) in [5, 5.41) is 54.0. The van der Waals surface area contributed by atoms with Crippen LogP contribution in [-0.2, 0) is 38.9 Å². The molecule has 0 spiro atoms. The molecule has 1 amide bonds. The number of aliphatic hydroxyl groups excluding tert-OH is 5. The summed E-state index contributed by atoms with van der Waals surface area (Å²) in [6.45, 7) is -1.40. The monoisotopic (exact) mass is 759 g/mol. The minimum atomic E-state index is -5.28. The number of carbonyl (C=O) groups excluding carboxylic acids is 1. The lowest BCUT2D eigenvalue weighted by Gasteiger charge is -2.45. The number of carbonyl (C=O) groups is 1. The fraction of sp³-hybridized carbons (Fsp3) is 0.414. The molecule has 0 bridgehead atoms. The van der Waals surface area contributed by atoms with E-state index in [1.54, 1.807) is 30.3 Å². The van der Waals surface area contributed by atoms with Crippen LogP contribution in [0.3, 0.4) is 0 Å². The summed E-state index contributed by atoms with van der Waals surface area (Å²) in [7, 11) is -10.1. The fourth-order valence-corrected chi connectivity index (χ4v) is 7.72. The number of H-pyrrole nitrogens is 1. The van der Waals surface area contributed by atoms with Crippen molar-refractivity contribution in [1.82, 2.24) is 14.9 Å². The van der Waals surface area contributed by atoms with Crippen LogP contribution in [0.15, 0.2) is 70.4 Å². The van der Waals surface area contributed by atoms with Gasteiger partial charge in [0, 0.05) is 12.3 Å². The Balaban J connectivity index is 1.30. The Morgan fingerprint density at radius 1 is 0.961 bits per heavy atom. The first-order valence-corrected chi connectivity index (χ1v) is 18.2. The first kappa shape index (κ1) is 38.8. The minimum absolute atomic E-state index is 0.308. The van der Waals surface area contributed by atoms with Gasteiger partial charge in [0.05, 0.1) is 37.5 Å². The highest BCUT2D eigenvalue weighted by Crippen LogP contribution is 2.56. The first-order valence-electron chi connectivity index (χ1n) is 15.1. The molecule has 3 aromatic rings. The lowest BCUT2D eigenvalue weighted by molar-refractivity contribution is -0.338. The smallest absolute Gasteiger partial charge is 0.394 e. The van der Waals surface area contributed by atoms with Gasteiger partial charge >= 0.3 is 21.1 Å². The molecular formula is C29H35N3O17P2. The molecule has 2 aliphatic rings. The van der Waals surface area contributed by atoms with Crippen LogP contribution in [0.5, 0.6) is 0 Å². The quantitative estimate of drug-likeness (QED) is 0.0662. The summed E-state index contributed by atoms with van der Waals surface area (Å²) in [6.07, 6.45) is -10.5. The number of phosphoric acid groups is 1. The highest BCUT2D eigenvalue weighted by atomic mass is 31.3. The maximum Gasteiger partial charge on any atom is 0.477 e. The van der Waals surface area contributed by atoms with E-state index in [-0.39, 0.29) is 11.7 Å².